The van der Waals surface area contributed by atoms with Gasteiger partial charge in [0.25, 0.3) is 5.91 Å². The molecule has 0 spiro atoms. The van der Waals surface area contributed by atoms with Crippen LogP contribution < -0.4 is 21.4 Å². The number of carbonyl (C=O) groups is 3. The molecular formula is C22H20N2O7. The van der Waals surface area contributed by atoms with E-state index in [4.69, 9.17) is 20.0 Å². The molecule has 1 heterocycles. The lowest BCUT2D eigenvalue weighted by molar-refractivity contribution is -0.143. The van der Waals surface area contributed by atoms with E-state index in [1.54, 1.807) is 48.5 Å². The minimum atomic E-state index is -1.45. The monoisotopic (exact) mass is 424 g/mol. The Labute approximate surface area is 176 Å². The Morgan fingerprint density at radius 2 is 1.90 bits per heavy atom. The molecule has 1 aromatic heterocycles. The minimum absolute atomic E-state index is 0.264. The normalized spacial score (nSPS) is 11.6. The molecule has 2 amide bonds. The number of fused-ring (bicyclic) bond motifs is 1. The minimum Gasteiger partial charge on any atom is -0.483 e. The van der Waals surface area contributed by atoms with Crippen molar-refractivity contribution in [1.29, 1.82) is 0 Å². The molecule has 0 fully saturated rings. The Morgan fingerprint density at radius 3 is 2.61 bits per heavy atom. The third-order valence-corrected chi connectivity index (χ3v) is 4.47. The van der Waals surface area contributed by atoms with Crippen molar-refractivity contribution in [2.24, 2.45) is 5.73 Å². The first-order chi connectivity index (χ1) is 14.7. The zero-order valence-corrected chi connectivity index (χ0v) is 16.6. The summed E-state index contributed by atoms with van der Waals surface area (Å²) in [7, 11) is 0. The molecule has 31 heavy (non-hydrogen) atoms. The summed E-state index contributed by atoms with van der Waals surface area (Å²) in [5.41, 5.74) is 5.83. The van der Waals surface area contributed by atoms with Crippen LogP contribution in [0.4, 0.5) is 0 Å². The van der Waals surface area contributed by atoms with Crippen LogP contribution in [0.5, 0.6) is 5.75 Å². The number of aryl methyl sites for hydroxylation is 1. The summed E-state index contributed by atoms with van der Waals surface area (Å²) < 4.78 is 11.0. The molecule has 1 atom stereocenters. The van der Waals surface area contributed by atoms with Gasteiger partial charge in [0, 0.05) is 0 Å². The first kappa shape index (κ1) is 21.6. The molecule has 0 bridgehead atoms. The summed E-state index contributed by atoms with van der Waals surface area (Å²) in [6.45, 7) is 1.33. The average Bonchev–Trinajstić information content (AvgIpc) is 2.72. The Hall–Kier alpha value is -4.14. The van der Waals surface area contributed by atoms with Crippen molar-refractivity contribution in [2.45, 2.75) is 19.4 Å². The zero-order valence-electron chi connectivity index (χ0n) is 16.6. The predicted octanol–water partition coefficient (Wildman–Crippen LogP) is 1.59. The molecule has 2 aromatic carbocycles. The molecule has 0 unspecified atom stereocenters. The van der Waals surface area contributed by atoms with E-state index < -0.39 is 42.5 Å². The van der Waals surface area contributed by atoms with Crippen molar-refractivity contribution in [1.82, 2.24) is 5.32 Å². The standard InChI is InChI=1S/C22H20N2O7/c1-12-6-7-17(30-11-20(26)24-16(21(27)28)10-19(23)25)15(8-12)18-9-13-4-2-3-5-14(13)22(29)31-18/h2-9,16H,10-11H2,1H3,(H2,23,25)(H,24,26)(H,27,28)/t16-/m1/s1. The van der Waals surface area contributed by atoms with Crippen LogP contribution in [0.15, 0.2) is 57.7 Å². The number of benzene rings is 2. The quantitative estimate of drug-likeness (QED) is 0.497. The highest BCUT2D eigenvalue weighted by Crippen LogP contribution is 2.32. The third-order valence-electron chi connectivity index (χ3n) is 4.47. The summed E-state index contributed by atoms with van der Waals surface area (Å²) >= 11 is 0. The van der Waals surface area contributed by atoms with E-state index in [1.165, 1.54) is 0 Å². The van der Waals surface area contributed by atoms with Gasteiger partial charge in [-0.3, -0.25) is 9.59 Å². The number of amides is 2. The number of rotatable bonds is 8. The summed E-state index contributed by atoms with van der Waals surface area (Å²) in [6.07, 6.45) is -0.543. The van der Waals surface area contributed by atoms with Gasteiger partial charge in [0.05, 0.1) is 17.4 Å². The first-order valence-electron chi connectivity index (χ1n) is 9.32. The second-order valence-corrected chi connectivity index (χ2v) is 6.90. The van der Waals surface area contributed by atoms with Crippen LogP contribution in [0.2, 0.25) is 0 Å². The van der Waals surface area contributed by atoms with Crippen molar-refractivity contribution < 1.29 is 28.6 Å². The fraction of sp³-hybridized carbons (Fsp3) is 0.182. The summed E-state index contributed by atoms with van der Waals surface area (Å²) in [4.78, 5) is 46.6. The Kier molecular flexibility index (Phi) is 6.35. The van der Waals surface area contributed by atoms with Gasteiger partial charge in [0.1, 0.15) is 17.6 Å². The molecule has 0 radical (unpaired) electrons. The highest BCUT2D eigenvalue weighted by molar-refractivity contribution is 5.89. The van der Waals surface area contributed by atoms with Crippen LogP contribution in [-0.2, 0) is 14.4 Å². The molecule has 9 nitrogen and oxygen atoms in total. The molecule has 4 N–H and O–H groups in total. The van der Waals surface area contributed by atoms with Gasteiger partial charge in [-0.05, 0) is 36.6 Å². The highest BCUT2D eigenvalue weighted by Gasteiger charge is 2.22. The SMILES string of the molecule is Cc1ccc(OCC(=O)N[C@H](CC(N)=O)C(=O)O)c(-c2cc3ccccc3c(=O)o2)c1. The average molecular weight is 424 g/mol. The number of aliphatic carboxylic acids is 1. The molecule has 0 aliphatic heterocycles. The smallest absolute Gasteiger partial charge is 0.344 e. The second-order valence-electron chi connectivity index (χ2n) is 6.90. The topological polar surface area (TPSA) is 149 Å². The van der Waals surface area contributed by atoms with E-state index >= 15 is 0 Å². The van der Waals surface area contributed by atoms with E-state index in [-0.39, 0.29) is 11.5 Å². The van der Waals surface area contributed by atoms with Crippen molar-refractivity contribution >= 4 is 28.6 Å². The third kappa shape index (κ3) is 5.27. The number of hydrogen-bond acceptors (Lipinski definition) is 6. The molecule has 0 saturated carbocycles. The van der Waals surface area contributed by atoms with Crippen molar-refractivity contribution in [3.8, 4) is 17.1 Å². The molecule has 3 rings (SSSR count). The van der Waals surface area contributed by atoms with Crippen LogP contribution in [0, 0.1) is 6.92 Å². The Morgan fingerprint density at radius 1 is 1.16 bits per heavy atom. The van der Waals surface area contributed by atoms with Gasteiger partial charge in [-0.1, -0.05) is 29.8 Å². The van der Waals surface area contributed by atoms with Crippen LogP contribution in [-0.4, -0.2) is 35.5 Å². The number of nitrogens with one attached hydrogen (secondary N) is 1. The van der Waals surface area contributed by atoms with Crippen molar-refractivity contribution in [3.63, 3.8) is 0 Å². The molecule has 160 valence electrons. The van der Waals surface area contributed by atoms with Crippen molar-refractivity contribution in [2.75, 3.05) is 6.61 Å². The predicted molar refractivity (Wildman–Crippen MR) is 112 cm³/mol. The number of carbonyl (C=O) groups excluding carboxylic acids is 2. The fourth-order valence-corrected chi connectivity index (χ4v) is 3.01. The molecule has 0 saturated heterocycles. The highest BCUT2D eigenvalue weighted by atomic mass is 16.5. The number of hydrogen-bond donors (Lipinski definition) is 3. The van der Waals surface area contributed by atoms with E-state index in [9.17, 15) is 19.2 Å². The molecule has 3 aromatic rings. The number of carboxylic acids is 1. The number of primary amides is 1. The zero-order chi connectivity index (χ0) is 22.5. The lowest BCUT2D eigenvalue weighted by atomic mass is 10.1. The van der Waals surface area contributed by atoms with Crippen molar-refractivity contribution in [3.05, 3.63) is 64.5 Å². The van der Waals surface area contributed by atoms with Crippen LogP contribution >= 0.6 is 0 Å². The maximum Gasteiger partial charge on any atom is 0.344 e. The van der Waals surface area contributed by atoms with Gasteiger partial charge in [-0.15, -0.1) is 0 Å². The number of carboxylic acid groups (broad SMARTS) is 1. The lowest BCUT2D eigenvalue weighted by Gasteiger charge is -2.15. The van der Waals surface area contributed by atoms with E-state index in [1.807, 2.05) is 6.92 Å². The fourth-order valence-electron chi connectivity index (χ4n) is 3.01. The van der Waals surface area contributed by atoms with Gasteiger partial charge < -0.3 is 25.3 Å². The lowest BCUT2D eigenvalue weighted by Crippen LogP contribution is -2.45. The number of nitrogens with two attached hydrogens (primary N) is 1. The van der Waals surface area contributed by atoms with Gasteiger partial charge >= 0.3 is 11.6 Å². The largest absolute Gasteiger partial charge is 0.483 e. The second kappa shape index (κ2) is 9.12. The first-order valence-corrected chi connectivity index (χ1v) is 9.32. The molecule has 0 aliphatic rings. The number of ether oxygens (including phenoxy) is 1. The van der Waals surface area contributed by atoms with Crippen LogP contribution in [0.25, 0.3) is 22.1 Å². The Balaban J connectivity index is 1.84. The summed E-state index contributed by atoms with van der Waals surface area (Å²) in [5.74, 6) is -2.47. The molecular weight excluding hydrogens is 404 g/mol. The van der Waals surface area contributed by atoms with E-state index in [0.29, 0.717) is 16.3 Å². The molecule has 9 heteroatoms. The van der Waals surface area contributed by atoms with Gasteiger partial charge in [-0.25, -0.2) is 9.59 Å². The van der Waals surface area contributed by atoms with E-state index in [2.05, 4.69) is 5.32 Å². The maximum absolute atomic E-state index is 12.3. The summed E-state index contributed by atoms with van der Waals surface area (Å²) in [5, 5.41) is 12.4. The summed E-state index contributed by atoms with van der Waals surface area (Å²) in [6, 6.07) is 12.3. The van der Waals surface area contributed by atoms with Crippen LogP contribution in [0.3, 0.4) is 0 Å². The maximum atomic E-state index is 12.3. The van der Waals surface area contributed by atoms with Gasteiger partial charge in [0.15, 0.2) is 6.61 Å². The van der Waals surface area contributed by atoms with Gasteiger partial charge in [0.2, 0.25) is 5.91 Å². The Bertz CT molecular complexity index is 1220. The van der Waals surface area contributed by atoms with Crippen LogP contribution in [0.1, 0.15) is 12.0 Å². The van der Waals surface area contributed by atoms with E-state index in [0.717, 1.165) is 5.56 Å². The molecule has 0 aliphatic carbocycles. The van der Waals surface area contributed by atoms with Gasteiger partial charge in [-0.2, -0.15) is 0 Å².